The molecule has 15 nitrogen and oxygen atoms in total. The Morgan fingerprint density at radius 2 is 1.88 bits per heavy atom. The molecule has 2 aliphatic heterocycles. The Morgan fingerprint density at radius 3 is 2.55 bits per heavy atom. The maximum absolute atomic E-state index is 13.4. The number of amides is 2. The topological polar surface area (TPSA) is 186 Å². The molecule has 0 bridgehead atoms. The first-order chi connectivity index (χ1) is 19.3. The second-order valence-corrected chi connectivity index (χ2v) is 8.76. The minimum absolute atomic E-state index is 0.0280. The molecule has 2 amide bonds. The van der Waals surface area contributed by atoms with Gasteiger partial charge < -0.3 is 33.9 Å². The van der Waals surface area contributed by atoms with Crippen molar-refractivity contribution in [3.63, 3.8) is 0 Å². The molecule has 0 aliphatic carbocycles. The molecular formula is C25H24N6O9. The van der Waals surface area contributed by atoms with E-state index in [1.807, 2.05) is 0 Å². The molecule has 2 saturated heterocycles. The number of ketones is 1. The fraction of sp³-hybridized carbons (Fsp3) is 0.320. The maximum atomic E-state index is 13.4. The van der Waals surface area contributed by atoms with Crippen molar-refractivity contribution in [1.82, 2.24) is 15.1 Å². The van der Waals surface area contributed by atoms with Gasteiger partial charge >= 0.3 is 11.7 Å². The van der Waals surface area contributed by atoms with Crippen molar-refractivity contribution >= 4 is 40.6 Å². The number of hydrogen-bond donors (Lipinski definition) is 2. The highest BCUT2D eigenvalue weighted by atomic mass is 16.6. The van der Waals surface area contributed by atoms with Crippen molar-refractivity contribution in [2.75, 3.05) is 48.0 Å². The molecule has 2 fully saturated rings. The van der Waals surface area contributed by atoms with Crippen LogP contribution in [0.25, 0.3) is 11.5 Å². The number of H-pyrrole nitrogens is 1. The summed E-state index contributed by atoms with van der Waals surface area (Å²) < 4.78 is 20.4. The summed E-state index contributed by atoms with van der Waals surface area (Å²) in [6, 6.07) is 9.83. The standard InChI is InChI=1S/C25H24N6O9/c1-14(32)39-23(27-15-5-6-18(26-12-15)22-28-25(36)40-29-22)20(34)21-24(35)31(8-10-38-21)17-4-2-3-16(11-17)30-7-9-37-13-19(30)33/h2-6,11-12,21,23,27H,7-10,13H2,1H3,(H,28,29,36)/t21-,23-/m1/s1. The average Bonchev–Trinajstić information content (AvgIpc) is 3.39. The molecule has 15 heteroatoms. The highest BCUT2D eigenvalue weighted by Gasteiger charge is 2.41. The van der Waals surface area contributed by atoms with E-state index >= 15 is 0 Å². The summed E-state index contributed by atoms with van der Waals surface area (Å²) in [7, 11) is 0. The fourth-order valence-corrected chi connectivity index (χ4v) is 4.24. The number of aromatic nitrogens is 3. The predicted octanol–water partition coefficient (Wildman–Crippen LogP) is 0.0903. The van der Waals surface area contributed by atoms with Gasteiger partial charge in [-0.1, -0.05) is 6.07 Å². The van der Waals surface area contributed by atoms with E-state index in [-0.39, 0.29) is 42.9 Å². The quantitative estimate of drug-likeness (QED) is 0.218. The lowest BCUT2D eigenvalue weighted by Gasteiger charge is -2.34. The van der Waals surface area contributed by atoms with Gasteiger partial charge in [-0.05, 0) is 30.3 Å². The zero-order chi connectivity index (χ0) is 28.2. The zero-order valence-corrected chi connectivity index (χ0v) is 21.2. The van der Waals surface area contributed by atoms with Crippen LogP contribution in [0.5, 0.6) is 0 Å². The van der Waals surface area contributed by atoms with Gasteiger partial charge in [-0.25, -0.2) is 4.79 Å². The molecule has 0 unspecified atom stereocenters. The molecule has 0 radical (unpaired) electrons. The normalized spacial score (nSPS) is 18.4. The average molecular weight is 553 g/mol. The molecule has 5 rings (SSSR count). The fourth-order valence-electron chi connectivity index (χ4n) is 4.24. The third kappa shape index (κ3) is 5.74. The lowest BCUT2D eigenvalue weighted by molar-refractivity contribution is -0.160. The zero-order valence-electron chi connectivity index (χ0n) is 21.2. The number of ether oxygens (including phenoxy) is 3. The summed E-state index contributed by atoms with van der Waals surface area (Å²) in [5, 5.41) is 5.07. The Hall–Kier alpha value is -4.89. The highest BCUT2D eigenvalue weighted by Crippen LogP contribution is 2.26. The first-order valence-corrected chi connectivity index (χ1v) is 12.2. The number of morpholine rings is 2. The van der Waals surface area contributed by atoms with Crippen LogP contribution in [0.2, 0.25) is 0 Å². The van der Waals surface area contributed by atoms with E-state index in [0.717, 1.165) is 6.92 Å². The predicted molar refractivity (Wildman–Crippen MR) is 136 cm³/mol. The Morgan fingerprint density at radius 1 is 1.10 bits per heavy atom. The van der Waals surface area contributed by atoms with Crippen LogP contribution in [0, 0.1) is 0 Å². The Kier molecular flexibility index (Phi) is 7.65. The Balaban J connectivity index is 1.33. The van der Waals surface area contributed by atoms with Crippen LogP contribution >= 0.6 is 0 Å². The Labute approximate surface area is 226 Å². The number of anilines is 3. The second kappa shape index (κ2) is 11.5. The highest BCUT2D eigenvalue weighted by molar-refractivity contribution is 6.13. The SMILES string of the molecule is CC(=O)O[C@@H](Nc1ccc(-c2nc(=O)o[nH]2)nc1)C(=O)[C@H]1OCCN(c2cccc(N3CCOCC3=O)c2)C1=O. The van der Waals surface area contributed by atoms with Gasteiger partial charge in [0.05, 0.1) is 25.1 Å². The molecule has 3 aromatic rings. The number of carbonyl (C=O) groups is 4. The summed E-state index contributed by atoms with van der Waals surface area (Å²) in [4.78, 5) is 72.8. The number of hydrogen-bond acceptors (Lipinski definition) is 12. The molecule has 1 aromatic carbocycles. The number of aromatic amines is 1. The summed E-state index contributed by atoms with van der Waals surface area (Å²) in [6.07, 6.45) is -1.81. The van der Waals surface area contributed by atoms with Crippen LogP contribution in [0.3, 0.4) is 0 Å². The van der Waals surface area contributed by atoms with E-state index in [0.29, 0.717) is 24.5 Å². The smallest absolute Gasteiger partial charge is 0.434 e. The van der Waals surface area contributed by atoms with E-state index < -0.39 is 35.7 Å². The van der Waals surface area contributed by atoms with Crippen molar-refractivity contribution in [3.05, 3.63) is 53.1 Å². The molecule has 40 heavy (non-hydrogen) atoms. The number of carbonyl (C=O) groups excluding carboxylic acids is 4. The van der Waals surface area contributed by atoms with Gasteiger partial charge in [0.15, 0.2) is 5.82 Å². The van der Waals surface area contributed by atoms with Crippen LogP contribution in [-0.2, 0) is 33.4 Å². The number of nitrogens with zero attached hydrogens (tertiary/aromatic N) is 4. The van der Waals surface area contributed by atoms with Gasteiger partial charge in [0.2, 0.25) is 18.1 Å². The third-order valence-corrected chi connectivity index (χ3v) is 6.07. The van der Waals surface area contributed by atoms with Crippen LogP contribution < -0.4 is 20.9 Å². The molecule has 4 heterocycles. The van der Waals surface area contributed by atoms with Crippen LogP contribution in [0.1, 0.15) is 6.92 Å². The van der Waals surface area contributed by atoms with Gasteiger partial charge in [-0.3, -0.25) is 24.2 Å². The lowest BCUT2D eigenvalue weighted by atomic mass is 10.1. The molecule has 208 valence electrons. The van der Waals surface area contributed by atoms with Gasteiger partial charge in [0, 0.05) is 31.4 Å². The van der Waals surface area contributed by atoms with Crippen LogP contribution in [-0.4, -0.2) is 83.9 Å². The first kappa shape index (κ1) is 26.7. The van der Waals surface area contributed by atoms with E-state index in [9.17, 15) is 24.0 Å². The van der Waals surface area contributed by atoms with Crippen molar-refractivity contribution in [2.45, 2.75) is 19.3 Å². The molecule has 2 N–H and O–H groups in total. The van der Waals surface area contributed by atoms with E-state index in [2.05, 4.69) is 25.0 Å². The first-order valence-electron chi connectivity index (χ1n) is 12.2. The number of esters is 1. The molecule has 0 saturated carbocycles. The minimum atomic E-state index is -1.57. The summed E-state index contributed by atoms with van der Waals surface area (Å²) in [5.41, 5.74) is 1.63. The summed E-state index contributed by atoms with van der Waals surface area (Å²) in [6.45, 7) is 2.08. The maximum Gasteiger partial charge on any atom is 0.460 e. The number of Topliss-reactive ketones (excluding diaryl/α,β-unsaturated/α-hetero) is 1. The van der Waals surface area contributed by atoms with Crippen LogP contribution in [0.4, 0.5) is 17.1 Å². The monoisotopic (exact) mass is 552 g/mol. The van der Waals surface area contributed by atoms with Gasteiger partial charge in [-0.15, -0.1) is 0 Å². The molecular weight excluding hydrogens is 528 g/mol. The second-order valence-electron chi connectivity index (χ2n) is 8.76. The van der Waals surface area contributed by atoms with Gasteiger partial charge in [0.1, 0.15) is 12.3 Å². The van der Waals surface area contributed by atoms with Gasteiger partial charge in [0.25, 0.3) is 11.8 Å². The van der Waals surface area contributed by atoms with E-state index in [1.54, 1.807) is 29.2 Å². The Bertz CT molecular complexity index is 1480. The molecule has 2 aromatic heterocycles. The molecule has 0 spiro atoms. The summed E-state index contributed by atoms with van der Waals surface area (Å²) in [5.74, 6) is -3.14. The minimum Gasteiger partial charge on any atom is -0.434 e. The third-order valence-electron chi connectivity index (χ3n) is 6.07. The van der Waals surface area contributed by atoms with Crippen LogP contribution in [0.15, 0.2) is 51.9 Å². The number of nitrogens with one attached hydrogen (secondary N) is 2. The molecule has 2 atom stereocenters. The van der Waals surface area contributed by atoms with Gasteiger partial charge in [-0.2, -0.15) is 10.1 Å². The van der Waals surface area contributed by atoms with Crippen molar-refractivity contribution in [1.29, 1.82) is 0 Å². The lowest BCUT2D eigenvalue weighted by Crippen LogP contribution is -2.55. The van der Waals surface area contributed by atoms with Crippen molar-refractivity contribution < 1.29 is 37.9 Å². The number of benzene rings is 1. The summed E-state index contributed by atoms with van der Waals surface area (Å²) >= 11 is 0. The van der Waals surface area contributed by atoms with Crippen molar-refractivity contribution in [2.24, 2.45) is 0 Å². The van der Waals surface area contributed by atoms with E-state index in [4.69, 9.17) is 14.2 Å². The van der Waals surface area contributed by atoms with E-state index in [1.165, 1.54) is 23.2 Å². The number of pyridine rings is 1. The van der Waals surface area contributed by atoms with Crippen molar-refractivity contribution in [3.8, 4) is 11.5 Å². The molecule has 2 aliphatic rings. The number of rotatable bonds is 8. The largest absolute Gasteiger partial charge is 0.460 e.